The van der Waals surface area contributed by atoms with Crippen LogP contribution >= 0.6 is 0 Å². The van der Waals surface area contributed by atoms with Gasteiger partial charge in [-0.05, 0) is 35.7 Å². The van der Waals surface area contributed by atoms with Crippen LogP contribution in [-0.2, 0) is 9.59 Å². The van der Waals surface area contributed by atoms with Crippen LogP contribution in [0.4, 0.5) is 5.69 Å². The van der Waals surface area contributed by atoms with E-state index in [0.717, 1.165) is 29.3 Å². The van der Waals surface area contributed by atoms with Gasteiger partial charge in [0.2, 0.25) is 5.91 Å². The number of hydrogen-bond donors (Lipinski definition) is 2. The molecule has 2 atom stereocenters. The lowest BCUT2D eigenvalue weighted by Crippen LogP contribution is -2.36. The molecular formula is C18H19NO3. The minimum absolute atomic E-state index is 0.178. The zero-order chi connectivity index (χ0) is 15.5. The summed E-state index contributed by atoms with van der Waals surface area (Å²) in [5, 5.41) is 14.3. The molecule has 0 aliphatic heterocycles. The molecule has 3 rings (SSSR count). The van der Waals surface area contributed by atoms with Gasteiger partial charge in [-0.3, -0.25) is 9.59 Å². The fourth-order valence-corrected chi connectivity index (χ4v) is 3.24. The van der Waals surface area contributed by atoms with E-state index >= 15 is 0 Å². The first-order valence-electron chi connectivity index (χ1n) is 7.67. The Morgan fingerprint density at radius 3 is 2.36 bits per heavy atom. The second-order valence-electron chi connectivity index (χ2n) is 5.89. The highest BCUT2D eigenvalue weighted by Crippen LogP contribution is 2.31. The van der Waals surface area contributed by atoms with E-state index in [1.165, 1.54) is 0 Å². The van der Waals surface area contributed by atoms with Crippen LogP contribution in [0.5, 0.6) is 0 Å². The molecule has 114 valence electrons. The minimum Gasteiger partial charge on any atom is -0.481 e. The van der Waals surface area contributed by atoms with Crippen molar-refractivity contribution in [1.29, 1.82) is 0 Å². The highest BCUT2D eigenvalue weighted by Gasteiger charge is 2.35. The number of carbonyl (C=O) groups is 2. The summed E-state index contributed by atoms with van der Waals surface area (Å²) in [6, 6.07) is 13.7. The first-order chi connectivity index (χ1) is 10.6. The maximum Gasteiger partial charge on any atom is 0.307 e. The lowest BCUT2D eigenvalue weighted by molar-refractivity contribution is -0.147. The summed E-state index contributed by atoms with van der Waals surface area (Å²) in [4.78, 5) is 23.8. The van der Waals surface area contributed by atoms with Gasteiger partial charge in [0.25, 0.3) is 0 Å². The third-order valence-electron chi connectivity index (χ3n) is 4.44. The molecule has 0 unspecified atom stereocenters. The number of rotatable bonds is 3. The molecule has 2 aromatic carbocycles. The second-order valence-corrected chi connectivity index (χ2v) is 5.89. The van der Waals surface area contributed by atoms with Gasteiger partial charge in [0.15, 0.2) is 0 Å². The van der Waals surface area contributed by atoms with E-state index < -0.39 is 17.8 Å². The van der Waals surface area contributed by atoms with Crippen molar-refractivity contribution in [1.82, 2.24) is 0 Å². The third-order valence-corrected chi connectivity index (χ3v) is 4.44. The van der Waals surface area contributed by atoms with Crippen molar-refractivity contribution in [3.05, 3.63) is 42.5 Å². The van der Waals surface area contributed by atoms with Crippen LogP contribution in [0.15, 0.2) is 42.5 Å². The zero-order valence-corrected chi connectivity index (χ0v) is 12.3. The van der Waals surface area contributed by atoms with Crippen molar-refractivity contribution in [3.63, 3.8) is 0 Å². The highest BCUT2D eigenvalue weighted by atomic mass is 16.4. The number of carbonyl (C=O) groups excluding carboxylic acids is 1. The van der Waals surface area contributed by atoms with Crippen LogP contribution in [0.1, 0.15) is 25.7 Å². The van der Waals surface area contributed by atoms with Crippen molar-refractivity contribution in [3.8, 4) is 0 Å². The summed E-state index contributed by atoms with van der Waals surface area (Å²) in [6.07, 6.45) is 3.04. The number of hydrogen-bond acceptors (Lipinski definition) is 2. The largest absolute Gasteiger partial charge is 0.481 e. The molecule has 2 aromatic rings. The van der Waals surface area contributed by atoms with Gasteiger partial charge < -0.3 is 10.4 Å². The van der Waals surface area contributed by atoms with Crippen molar-refractivity contribution in [2.75, 3.05) is 5.32 Å². The molecule has 1 fully saturated rings. The maximum atomic E-state index is 12.4. The fraction of sp³-hybridized carbons (Fsp3) is 0.333. The number of aliphatic carboxylic acids is 1. The molecule has 1 saturated carbocycles. The average molecular weight is 297 g/mol. The molecule has 22 heavy (non-hydrogen) atoms. The highest BCUT2D eigenvalue weighted by molar-refractivity contribution is 5.97. The topological polar surface area (TPSA) is 66.4 Å². The second kappa shape index (κ2) is 6.18. The Morgan fingerprint density at radius 1 is 0.955 bits per heavy atom. The molecule has 4 heteroatoms. The summed E-state index contributed by atoms with van der Waals surface area (Å²) in [5.41, 5.74) is 0.721. The molecule has 1 aliphatic carbocycles. The molecule has 0 aromatic heterocycles. The Bertz CT molecular complexity index is 710. The van der Waals surface area contributed by atoms with Gasteiger partial charge >= 0.3 is 5.97 Å². The maximum absolute atomic E-state index is 12.4. The summed E-state index contributed by atoms with van der Waals surface area (Å²) in [7, 11) is 0. The molecule has 0 radical (unpaired) electrons. The van der Waals surface area contributed by atoms with Gasteiger partial charge in [0.05, 0.1) is 11.8 Å². The van der Waals surface area contributed by atoms with Crippen molar-refractivity contribution < 1.29 is 14.7 Å². The first kappa shape index (κ1) is 14.6. The van der Waals surface area contributed by atoms with Crippen LogP contribution in [0, 0.1) is 11.8 Å². The Hall–Kier alpha value is -2.36. The number of carboxylic acids is 1. The summed E-state index contributed by atoms with van der Waals surface area (Å²) in [6.45, 7) is 0. The van der Waals surface area contributed by atoms with E-state index in [2.05, 4.69) is 5.32 Å². The number of nitrogens with one attached hydrogen (secondary N) is 1. The summed E-state index contributed by atoms with van der Waals surface area (Å²) in [5.74, 6) is -2.03. The van der Waals surface area contributed by atoms with Gasteiger partial charge in [-0.15, -0.1) is 0 Å². The Morgan fingerprint density at radius 2 is 1.64 bits per heavy atom. The SMILES string of the molecule is O=C(O)[C@H]1CCCC[C@@H]1C(=O)Nc1ccc2ccccc2c1. The predicted molar refractivity (Wildman–Crippen MR) is 85.7 cm³/mol. The van der Waals surface area contributed by atoms with Crippen LogP contribution < -0.4 is 5.32 Å². The fourth-order valence-electron chi connectivity index (χ4n) is 3.24. The number of fused-ring (bicyclic) bond motifs is 1. The van der Waals surface area contributed by atoms with Crippen molar-refractivity contribution in [2.24, 2.45) is 11.8 Å². The van der Waals surface area contributed by atoms with Gasteiger partial charge in [-0.2, -0.15) is 0 Å². The third kappa shape index (κ3) is 2.96. The lowest BCUT2D eigenvalue weighted by Gasteiger charge is -2.27. The van der Waals surface area contributed by atoms with Gasteiger partial charge in [-0.25, -0.2) is 0 Å². The predicted octanol–water partition coefficient (Wildman–Crippen LogP) is 3.67. The zero-order valence-electron chi connectivity index (χ0n) is 12.3. The monoisotopic (exact) mass is 297 g/mol. The van der Waals surface area contributed by atoms with Crippen molar-refractivity contribution in [2.45, 2.75) is 25.7 Å². The number of anilines is 1. The molecule has 0 bridgehead atoms. The molecular weight excluding hydrogens is 278 g/mol. The number of amides is 1. The Kier molecular flexibility index (Phi) is 4.09. The molecule has 0 spiro atoms. The van der Waals surface area contributed by atoms with E-state index in [-0.39, 0.29) is 5.91 Å². The van der Waals surface area contributed by atoms with Gasteiger partial charge in [0.1, 0.15) is 0 Å². The van der Waals surface area contributed by atoms with Gasteiger partial charge in [0, 0.05) is 5.69 Å². The first-order valence-corrected chi connectivity index (χ1v) is 7.67. The molecule has 0 heterocycles. The van der Waals surface area contributed by atoms with Crippen molar-refractivity contribution >= 4 is 28.3 Å². The summed E-state index contributed by atoms with van der Waals surface area (Å²) >= 11 is 0. The molecule has 4 nitrogen and oxygen atoms in total. The minimum atomic E-state index is -0.863. The normalized spacial score (nSPS) is 21.5. The molecule has 1 aliphatic rings. The van der Waals surface area contributed by atoms with E-state index in [9.17, 15) is 14.7 Å². The number of benzene rings is 2. The quantitative estimate of drug-likeness (QED) is 0.908. The smallest absolute Gasteiger partial charge is 0.307 e. The average Bonchev–Trinajstić information content (AvgIpc) is 2.54. The van der Waals surface area contributed by atoms with Crippen LogP contribution in [-0.4, -0.2) is 17.0 Å². The Balaban J connectivity index is 1.78. The molecule has 0 saturated heterocycles. The standard InChI is InChI=1S/C18H19NO3/c20-17(15-7-3-4-8-16(15)18(21)22)19-14-10-9-12-5-1-2-6-13(12)11-14/h1-2,5-6,9-11,15-16H,3-4,7-8H2,(H,19,20)(H,21,22)/t15-,16-/m0/s1. The van der Waals surface area contributed by atoms with Crippen LogP contribution in [0.3, 0.4) is 0 Å². The van der Waals surface area contributed by atoms with Crippen LogP contribution in [0.2, 0.25) is 0 Å². The van der Waals surface area contributed by atoms with Crippen LogP contribution in [0.25, 0.3) is 10.8 Å². The number of carboxylic acid groups (broad SMARTS) is 1. The Labute approximate surface area is 129 Å². The van der Waals surface area contributed by atoms with Gasteiger partial charge in [-0.1, -0.05) is 43.2 Å². The lowest BCUT2D eigenvalue weighted by atomic mass is 9.78. The van der Waals surface area contributed by atoms with E-state index in [1.807, 2.05) is 42.5 Å². The van der Waals surface area contributed by atoms with E-state index in [4.69, 9.17) is 0 Å². The summed E-state index contributed by atoms with van der Waals surface area (Å²) < 4.78 is 0. The van der Waals surface area contributed by atoms with E-state index in [0.29, 0.717) is 12.8 Å². The van der Waals surface area contributed by atoms with E-state index in [1.54, 1.807) is 0 Å². The molecule has 2 N–H and O–H groups in total. The molecule has 1 amide bonds.